The average Bonchev–Trinajstić information content (AvgIpc) is 2.29. The third-order valence-corrected chi connectivity index (χ3v) is 2.30. The van der Waals surface area contributed by atoms with Crippen molar-refractivity contribution in [2.45, 2.75) is 12.5 Å². The summed E-state index contributed by atoms with van der Waals surface area (Å²) in [5, 5.41) is 2.84. The van der Waals surface area contributed by atoms with E-state index in [1.54, 1.807) is 6.08 Å². The third kappa shape index (κ3) is 3.76. The summed E-state index contributed by atoms with van der Waals surface area (Å²) in [6.07, 6.45) is 2.48. The van der Waals surface area contributed by atoms with E-state index >= 15 is 0 Å². The van der Waals surface area contributed by atoms with Gasteiger partial charge in [-0.15, -0.1) is 18.2 Å². The molecule has 0 aliphatic heterocycles. The minimum absolute atomic E-state index is 0.0134. The molecular weight excluding hydrogens is 210 g/mol. The Morgan fingerprint density at radius 3 is 2.67 bits per heavy atom. The molecule has 1 N–H and O–H groups in total. The first-order valence-corrected chi connectivity index (χ1v) is 5.32. The van der Waals surface area contributed by atoms with Crippen molar-refractivity contribution in [3.63, 3.8) is 0 Å². The molecule has 0 unspecified atom stereocenters. The van der Waals surface area contributed by atoms with Crippen molar-refractivity contribution < 1.29 is 4.79 Å². The minimum Gasteiger partial charge on any atom is -0.348 e. The van der Waals surface area contributed by atoms with E-state index < -0.39 is 0 Å². The van der Waals surface area contributed by atoms with Crippen molar-refractivity contribution in [2.24, 2.45) is 0 Å². The largest absolute Gasteiger partial charge is 0.348 e. The molecule has 1 aromatic rings. The van der Waals surface area contributed by atoms with Crippen molar-refractivity contribution in [3.8, 4) is 0 Å². The average molecular weight is 224 g/mol. The van der Waals surface area contributed by atoms with Crippen molar-refractivity contribution in [1.82, 2.24) is 5.32 Å². The standard InChI is InChI=1S/C12H14ClNO/c1-2-6-11(14-12(15)9-13)10-7-4-3-5-8-10/h2-5,7-8,11H,1,6,9H2,(H,14,15)/t11-/m1/s1. The lowest BCUT2D eigenvalue weighted by Crippen LogP contribution is -2.29. The van der Waals surface area contributed by atoms with E-state index in [4.69, 9.17) is 11.6 Å². The number of amides is 1. The fourth-order valence-electron chi connectivity index (χ4n) is 1.36. The van der Waals surface area contributed by atoms with E-state index in [-0.39, 0.29) is 17.8 Å². The molecule has 0 bridgehead atoms. The zero-order chi connectivity index (χ0) is 11.1. The monoisotopic (exact) mass is 223 g/mol. The van der Waals surface area contributed by atoms with Gasteiger partial charge in [0.05, 0.1) is 6.04 Å². The molecule has 1 aromatic carbocycles. The predicted molar refractivity (Wildman–Crippen MR) is 62.9 cm³/mol. The summed E-state index contributed by atoms with van der Waals surface area (Å²) < 4.78 is 0. The van der Waals surface area contributed by atoms with Crippen LogP contribution in [0.5, 0.6) is 0 Å². The molecule has 0 radical (unpaired) electrons. The first-order valence-electron chi connectivity index (χ1n) is 4.79. The van der Waals surface area contributed by atoms with Crippen LogP contribution in [0.1, 0.15) is 18.0 Å². The summed E-state index contributed by atoms with van der Waals surface area (Å²) in [5.41, 5.74) is 1.07. The maximum absolute atomic E-state index is 11.2. The highest BCUT2D eigenvalue weighted by Crippen LogP contribution is 2.16. The van der Waals surface area contributed by atoms with Gasteiger partial charge in [0.2, 0.25) is 5.91 Å². The molecule has 80 valence electrons. The molecule has 15 heavy (non-hydrogen) atoms. The van der Waals surface area contributed by atoms with Crippen molar-refractivity contribution in [1.29, 1.82) is 0 Å². The first kappa shape index (κ1) is 11.8. The number of halogens is 1. The predicted octanol–water partition coefficient (Wildman–Crippen LogP) is 2.66. The van der Waals surface area contributed by atoms with Gasteiger partial charge in [-0.05, 0) is 12.0 Å². The van der Waals surface area contributed by atoms with Crippen LogP contribution < -0.4 is 5.32 Å². The Morgan fingerprint density at radius 2 is 2.13 bits per heavy atom. The molecular formula is C12H14ClNO. The van der Waals surface area contributed by atoms with Gasteiger partial charge in [0.1, 0.15) is 5.88 Å². The summed E-state index contributed by atoms with van der Waals surface area (Å²) in [4.78, 5) is 11.2. The van der Waals surface area contributed by atoms with E-state index in [2.05, 4.69) is 11.9 Å². The number of hydrogen-bond acceptors (Lipinski definition) is 1. The molecule has 1 rings (SSSR count). The van der Waals surface area contributed by atoms with Crippen LogP contribution in [0.15, 0.2) is 43.0 Å². The van der Waals surface area contributed by atoms with Gasteiger partial charge in [0, 0.05) is 0 Å². The third-order valence-electron chi connectivity index (χ3n) is 2.06. The Morgan fingerprint density at radius 1 is 1.47 bits per heavy atom. The molecule has 0 spiro atoms. The lowest BCUT2D eigenvalue weighted by Gasteiger charge is -2.16. The van der Waals surface area contributed by atoms with E-state index in [1.807, 2.05) is 30.3 Å². The lowest BCUT2D eigenvalue weighted by molar-refractivity contribution is -0.119. The first-order chi connectivity index (χ1) is 7.27. The van der Waals surface area contributed by atoms with Crippen LogP contribution in [0.2, 0.25) is 0 Å². The highest BCUT2D eigenvalue weighted by Gasteiger charge is 2.11. The summed E-state index contributed by atoms with van der Waals surface area (Å²) >= 11 is 5.45. The van der Waals surface area contributed by atoms with Gasteiger partial charge in [-0.1, -0.05) is 36.4 Å². The molecule has 1 atom stereocenters. The van der Waals surface area contributed by atoms with E-state index in [0.717, 1.165) is 5.56 Å². The number of hydrogen-bond donors (Lipinski definition) is 1. The molecule has 0 saturated carbocycles. The van der Waals surface area contributed by atoms with Gasteiger partial charge in [-0.3, -0.25) is 4.79 Å². The van der Waals surface area contributed by atoms with E-state index in [9.17, 15) is 4.79 Å². The van der Waals surface area contributed by atoms with E-state index in [1.165, 1.54) is 0 Å². The molecule has 2 nitrogen and oxygen atoms in total. The Labute approximate surface area is 94.9 Å². The van der Waals surface area contributed by atoms with Crippen molar-refractivity contribution in [3.05, 3.63) is 48.6 Å². The zero-order valence-electron chi connectivity index (χ0n) is 8.45. The Hall–Kier alpha value is -1.28. The maximum Gasteiger partial charge on any atom is 0.235 e. The van der Waals surface area contributed by atoms with Crippen LogP contribution in [0, 0.1) is 0 Å². The second-order valence-electron chi connectivity index (χ2n) is 3.19. The second kappa shape index (κ2) is 6.25. The van der Waals surface area contributed by atoms with Gasteiger partial charge in [-0.25, -0.2) is 0 Å². The molecule has 0 aromatic heterocycles. The molecule has 3 heteroatoms. The Balaban J connectivity index is 2.74. The lowest BCUT2D eigenvalue weighted by atomic mass is 10.0. The molecule has 0 aliphatic rings. The fourth-order valence-corrected chi connectivity index (χ4v) is 1.44. The van der Waals surface area contributed by atoms with Crippen LogP contribution in [-0.2, 0) is 4.79 Å². The van der Waals surface area contributed by atoms with Gasteiger partial charge in [-0.2, -0.15) is 0 Å². The molecule has 0 heterocycles. The van der Waals surface area contributed by atoms with Gasteiger partial charge in [0.15, 0.2) is 0 Å². The number of carbonyl (C=O) groups excluding carboxylic acids is 1. The number of alkyl halides is 1. The van der Waals surface area contributed by atoms with Gasteiger partial charge in [0.25, 0.3) is 0 Å². The van der Waals surface area contributed by atoms with Gasteiger partial charge < -0.3 is 5.32 Å². The highest BCUT2D eigenvalue weighted by atomic mass is 35.5. The second-order valence-corrected chi connectivity index (χ2v) is 3.46. The van der Waals surface area contributed by atoms with Crippen LogP contribution >= 0.6 is 11.6 Å². The number of rotatable bonds is 5. The molecule has 0 aliphatic carbocycles. The van der Waals surface area contributed by atoms with E-state index in [0.29, 0.717) is 6.42 Å². The smallest absolute Gasteiger partial charge is 0.235 e. The van der Waals surface area contributed by atoms with Crippen LogP contribution in [0.4, 0.5) is 0 Å². The molecule has 0 saturated heterocycles. The van der Waals surface area contributed by atoms with Gasteiger partial charge >= 0.3 is 0 Å². The van der Waals surface area contributed by atoms with Crippen LogP contribution in [0.3, 0.4) is 0 Å². The van der Waals surface area contributed by atoms with Crippen molar-refractivity contribution >= 4 is 17.5 Å². The Kier molecular flexibility index (Phi) is 4.91. The quantitative estimate of drug-likeness (QED) is 0.604. The maximum atomic E-state index is 11.2. The summed E-state index contributed by atoms with van der Waals surface area (Å²) in [5.74, 6) is -0.173. The summed E-state index contributed by atoms with van der Waals surface area (Å²) in [6.45, 7) is 3.67. The fraction of sp³-hybridized carbons (Fsp3) is 0.250. The number of nitrogens with one attached hydrogen (secondary N) is 1. The van der Waals surface area contributed by atoms with Crippen LogP contribution in [0.25, 0.3) is 0 Å². The van der Waals surface area contributed by atoms with Crippen LogP contribution in [-0.4, -0.2) is 11.8 Å². The summed E-state index contributed by atoms with van der Waals surface area (Å²) in [7, 11) is 0. The normalized spacial score (nSPS) is 11.8. The highest BCUT2D eigenvalue weighted by molar-refractivity contribution is 6.27. The minimum atomic E-state index is -0.160. The zero-order valence-corrected chi connectivity index (χ0v) is 9.20. The van der Waals surface area contributed by atoms with Crippen molar-refractivity contribution in [2.75, 3.05) is 5.88 Å². The number of carbonyl (C=O) groups is 1. The molecule has 0 fully saturated rings. The topological polar surface area (TPSA) is 29.1 Å². The number of benzene rings is 1. The molecule has 1 amide bonds. The Bertz CT molecular complexity index is 324. The summed E-state index contributed by atoms with van der Waals surface area (Å²) in [6, 6.07) is 9.75. The SMILES string of the molecule is C=CC[C@@H](NC(=O)CCl)c1ccccc1.